The van der Waals surface area contributed by atoms with Crippen LogP contribution in [0.25, 0.3) is 5.69 Å². The molecular weight excluding hydrogens is 423 g/mol. The number of rotatable bonds is 7. The lowest BCUT2D eigenvalue weighted by atomic mass is 10.1. The molecule has 3 rings (SSSR count). The minimum Gasteiger partial charge on any atom is -0.454 e. The average molecular weight is 444 g/mol. The van der Waals surface area contributed by atoms with Crippen LogP contribution in [0.5, 0.6) is 0 Å². The topological polar surface area (TPSA) is 94.5 Å². The fraction of sp³-hybridized carbons (Fsp3) is 0.182. The minimum atomic E-state index is -3.60. The van der Waals surface area contributed by atoms with Gasteiger partial charge in [0, 0.05) is 22.6 Å². The molecule has 0 fully saturated rings. The predicted molar refractivity (Wildman–Crippen MR) is 115 cm³/mol. The Morgan fingerprint density at radius 2 is 1.74 bits per heavy atom. The van der Waals surface area contributed by atoms with Crippen LogP contribution in [-0.4, -0.2) is 37.6 Å². The van der Waals surface area contributed by atoms with Crippen LogP contribution in [0.15, 0.2) is 54.6 Å². The summed E-state index contributed by atoms with van der Waals surface area (Å²) in [5.74, 6) is -1.66. The maximum Gasteiger partial charge on any atom is 0.340 e. The fourth-order valence-corrected chi connectivity index (χ4v) is 3.87. The van der Waals surface area contributed by atoms with Crippen LogP contribution in [0.4, 0.5) is 10.1 Å². The molecule has 0 spiro atoms. The summed E-state index contributed by atoms with van der Waals surface area (Å²) >= 11 is 0. The van der Waals surface area contributed by atoms with Crippen molar-refractivity contribution < 1.29 is 27.1 Å². The summed E-state index contributed by atoms with van der Waals surface area (Å²) in [7, 11) is -3.60. The first kappa shape index (κ1) is 22.2. The number of aryl methyl sites for hydroxylation is 1. The van der Waals surface area contributed by atoms with Crippen LogP contribution in [0.1, 0.15) is 32.1 Å². The van der Waals surface area contributed by atoms with E-state index >= 15 is 0 Å². The maximum atomic E-state index is 13.6. The molecule has 0 atom stereocenters. The minimum absolute atomic E-state index is 0.00837. The highest BCUT2D eigenvalue weighted by atomic mass is 32.2. The number of esters is 1. The monoisotopic (exact) mass is 444 g/mol. The number of para-hydroxylation sites is 1. The van der Waals surface area contributed by atoms with Crippen molar-refractivity contribution >= 4 is 27.5 Å². The second kappa shape index (κ2) is 8.73. The summed E-state index contributed by atoms with van der Waals surface area (Å²) < 4.78 is 45.7. The van der Waals surface area contributed by atoms with Gasteiger partial charge in [-0.05, 0) is 50.2 Å². The summed E-state index contributed by atoms with van der Waals surface area (Å²) in [6.07, 6.45) is 0.965. The third kappa shape index (κ3) is 5.18. The van der Waals surface area contributed by atoms with Crippen molar-refractivity contribution in [2.24, 2.45) is 0 Å². The lowest BCUT2D eigenvalue weighted by molar-refractivity contribution is 0.0475. The highest BCUT2D eigenvalue weighted by molar-refractivity contribution is 7.92. The number of halogens is 1. The number of nitrogens with zero attached hydrogens (tertiary/aromatic N) is 1. The number of hydrogen-bond donors (Lipinski definition) is 1. The first-order valence-electron chi connectivity index (χ1n) is 9.29. The van der Waals surface area contributed by atoms with Gasteiger partial charge in [-0.1, -0.05) is 18.2 Å². The molecule has 0 saturated carbocycles. The number of benzene rings is 2. The van der Waals surface area contributed by atoms with E-state index in [1.807, 2.05) is 0 Å². The van der Waals surface area contributed by atoms with Gasteiger partial charge in [-0.15, -0.1) is 0 Å². The molecule has 0 saturated heterocycles. The average Bonchev–Trinajstić information content (AvgIpc) is 2.99. The Hall–Kier alpha value is -3.46. The quantitative estimate of drug-likeness (QED) is 0.444. The van der Waals surface area contributed by atoms with Crippen LogP contribution >= 0.6 is 0 Å². The van der Waals surface area contributed by atoms with Gasteiger partial charge in [0.25, 0.3) is 0 Å². The molecule has 2 aromatic carbocycles. The molecular formula is C22H21FN2O5S. The zero-order valence-electron chi connectivity index (χ0n) is 17.2. The van der Waals surface area contributed by atoms with Crippen LogP contribution in [-0.2, 0) is 14.8 Å². The molecule has 0 bridgehead atoms. The van der Waals surface area contributed by atoms with E-state index in [4.69, 9.17) is 4.74 Å². The third-order valence-electron chi connectivity index (χ3n) is 4.57. The second-order valence-electron chi connectivity index (χ2n) is 7.02. The van der Waals surface area contributed by atoms with Crippen molar-refractivity contribution in [3.8, 4) is 5.69 Å². The number of carbonyl (C=O) groups excluding carboxylic acids is 2. The maximum absolute atomic E-state index is 13.6. The first-order valence-corrected chi connectivity index (χ1v) is 11.2. The van der Waals surface area contributed by atoms with Gasteiger partial charge >= 0.3 is 5.97 Å². The van der Waals surface area contributed by atoms with Crippen LogP contribution in [0.3, 0.4) is 0 Å². The van der Waals surface area contributed by atoms with E-state index in [1.165, 1.54) is 24.3 Å². The summed E-state index contributed by atoms with van der Waals surface area (Å²) in [5.41, 5.74) is 2.28. The number of anilines is 1. The number of aromatic nitrogens is 1. The van der Waals surface area contributed by atoms with Gasteiger partial charge < -0.3 is 9.30 Å². The molecule has 7 nitrogen and oxygen atoms in total. The zero-order chi connectivity index (χ0) is 22.8. The van der Waals surface area contributed by atoms with Crippen molar-refractivity contribution in [1.82, 2.24) is 4.57 Å². The highest BCUT2D eigenvalue weighted by Gasteiger charge is 2.20. The number of hydrogen-bond acceptors (Lipinski definition) is 5. The molecule has 0 aliphatic heterocycles. The fourth-order valence-electron chi connectivity index (χ4n) is 3.29. The predicted octanol–water partition coefficient (Wildman–Crippen LogP) is 3.64. The Morgan fingerprint density at radius 3 is 2.42 bits per heavy atom. The summed E-state index contributed by atoms with van der Waals surface area (Å²) in [4.78, 5) is 25.1. The van der Waals surface area contributed by atoms with Gasteiger partial charge in [-0.2, -0.15) is 0 Å². The second-order valence-corrected chi connectivity index (χ2v) is 8.77. The molecule has 0 aliphatic carbocycles. The van der Waals surface area contributed by atoms with Crippen molar-refractivity contribution in [1.29, 1.82) is 0 Å². The number of nitrogens with one attached hydrogen (secondary N) is 1. The van der Waals surface area contributed by atoms with Gasteiger partial charge in [-0.25, -0.2) is 17.6 Å². The summed E-state index contributed by atoms with van der Waals surface area (Å²) in [6, 6.07) is 13.6. The van der Waals surface area contributed by atoms with Crippen molar-refractivity contribution in [2.45, 2.75) is 13.8 Å². The molecule has 0 aliphatic rings. The number of ketones is 1. The molecule has 1 aromatic heterocycles. The summed E-state index contributed by atoms with van der Waals surface area (Å²) in [6.45, 7) is 2.98. The lowest BCUT2D eigenvalue weighted by Gasteiger charge is -2.11. The normalized spacial score (nSPS) is 11.2. The number of carbonyl (C=O) groups is 2. The van der Waals surface area contributed by atoms with E-state index in [9.17, 15) is 22.4 Å². The van der Waals surface area contributed by atoms with Crippen molar-refractivity contribution in [3.05, 3.63) is 82.9 Å². The van der Waals surface area contributed by atoms with Gasteiger partial charge in [0.2, 0.25) is 15.8 Å². The van der Waals surface area contributed by atoms with Gasteiger partial charge in [-0.3, -0.25) is 9.52 Å². The van der Waals surface area contributed by atoms with Crippen LogP contribution in [0, 0.1) is 19.7 Å². The molecule has 0 unspecified atom stereocenters. The Kier molecular flexibility index (Phi) is 6.26. The Labute approximate surface area is 179 Å². The number of ether oxygens (including phenoxy) is 1. The van der Waals surface area contributed by atoms with E-state index in [0.29, 0.717) is 16.9 Å². The largest absolute Gasteiger partial charge is 0.454 e. The lowest BCUT2D eigenvalue weighted by Crippen LogP contribution is -2.18. The SMILES string of the molecule is Cc1cc(C(=O)COC(=O)c2ccccc2NS(C)(=O)=O)c(C)n1-c1cccc(F)c1. The van der Waals surface area contributed by atoms with Gasteiger partial charge in [0.1, 0.15) is 5.82 Å². The van der Waals surface area contributed by atoms with E-state index in [1.54, 1.807) is 48.7 Å². The smallest absolute Gasteiger partial charge is 0.340 e. The summed E-state index contributed by atoms with van der Waals surface area (Å²) in [5, 5.41) is 0. The number of sulfonamides is 1. The molecule has 162 valence electrons. The Balaban J connectivity index is 1.78. The first-order chi connectivity index (χ1) is 14.6. The Bertz CT molecular complexity index is 1260. The van der Waals surface area contributed by atoms with Crippen molar-refractivity contribution in [3.63, 3.8) is 0 Å². The molecule has 1 N–H and O–H groups in total. The molecule has 31 heavy (non-hydrogen) atoms. The molecule has 3 aromatic rings. The van der Waals surface area contributed by atoms with Gasteiger partial charge in [0.15, 0.2) is 6.61 Å². The standard InChI is InChI=1S/C22H21FN2O5S/c1-14-11-19(15(2)25(14)17-8-6-7-16(23)12-17)21(26)13-30-22(27)18-9-4-5-10-20(18)24-31(3,28)29/h4-12,24H,13H2,1-3H3. The van der Waals surface area contributed by atoms with Crippen LogP contribution < -0.4 is 4.72 Å². The molecule has 1 heterocycles. The molecule has 0 amide bonds. The highest BCUT2D eigenvalue weighted by Crippen LogP contribution is 2.22. The van der Waals surface area contributed by atoms with E-state index in [0.717, 1.165) is 11.9 Å². The van der Waals surface area contributed by atoms with E-state index in [2.05, 4.69) is 4.72 Å². The van der Waals surface area contributed by atoms with E-state index in [-0.39, 0.29) is 11.3 Å². The van der Waals surface area contributed by atoms with Crippen molar-refractivity contribution in [2.75, 3.05) is 17.6 Å². The van der Waals surface area contributed by atoms with Crippen LogP contribution in [0.2, 0.25) is 0 Å². The Morgan fingerprint density at radius 1 is 1.03 bits per heavy atom. The number of Topliss-reactive ketones (excluding diaryl/α,β-unsaturated/α-hetero) is 1. The third-order valence-corrected chi connectivity index (χ3v) is 5.17. The van der Waals surface area contributed by atoms with Gasteiger partial charge in [0.05, 0.1) is 17.5 Å². The zero-order valence-corrected chi connectivity index (χ0v) is 18.0. The molecule has 9 heteroatoms. The van der Waals surface area contributed by atoms with E-state index < -0.39 is 34.2 Å². The molecule has 0 radical (unpaired) electrons.